The van der Waals surface area contributed by atoms with Crippen LogP contribution in [-0.4, -0.2) is 41.4 Å². The van der Waals surface area contributed by atoms with Crippen LogP contribution in [0.4, 0.5) is 0 Å². The molecule has 0 aromatic carbocycles. The maximum absolute atomic E-state index is 11.9. The lowest BCUT2D eigenvalue weighted by Crippen LogP contribution is -2.29. The van der Waals surface area contributed by atoms with Crippen molar-refractivity contribution in [2.45, 2.75) is 39.1 Å². The van der Waals surface area contributed by atoms with Crippen molar-refractivity contribution >= 4 is 19.7 Å². The predicted octanol–water partition coefficient (Wildman–Crippen LogP) is 0.880. The number of nitrogens with two attached hydrogens (primary N) is 1. The first-order chi connectivity index (χ1) is 9.12. The van der Waals surface area contributed by atoms with Crippen molar-refractivity contribution in [2.24, 2.45) is 5.73 Å². The Morgan fingerprint density at radius 3 is 2.30 bits per heavy atom. The monoisotopic (exact) mass is 306 g/mol. The normalized spacial score (nSPS) is 14.5. The largest absolute Gasteiger partial charge is 0.462 e. The van der Waals surface area contributed by atoms with E-state index in [1.165, 1.54) is 0 Å². The zero-order valence-corrected chi connectivity index (χ0v) is 13.0. The molecule has 0 aliphatic carbocycles. The lowest BCUT2D eigenvalue weighted by molar-refractivity contribution is -0.154. The first-order valence-electron chi connectivity index (χ1n) is 6.04. The summed E-state index contributed by atoms with van der Waals surface area (Å²) in [7, 11) is -2.17. The maximum atomic E-state index is 11.9. The van der Waals surface area contributed by atoms with Crippen molar-refractivity contribution in [3.05, 3.63) is 11.6 Å². The zero-order chi connectivity index (χ0) is 15.9. The Labute approximate surface area is 118 Å². The first kappa shape index (κ1) is 18.7. The lowest BCUT2D eigenvalue weighted by atomic mass is 10.2. The van der Waals surface area contributed by atoms with Gasteiger partial charge in [0.2, 0.25) is 12.1 Å². The van der Waals surface area contributed by atoms with E-state index < -0.39 is 43.0 Å². The molecule has 0 spiro atoms. The molecule has 114 valence electrons. The Hall–Kier alpha value is -1.30. The summed E-state index contributed by atoms with van der Waals surface area (Å²) in [4.78, 5) is 23.6. The van der Waals surface area contributed by atoms with Gasteiger partial charge in [-0.2, -0.15) is 0 Å². The van der Waals surface area contributed by atoms with Gasteiger partial charge in [-0.25, -0.2) is 9.59 Å². The summed E-state index contributed by atoms with van der Waals surface area (Å²) < 4.78 is 21.2. The Morgan fingerprint density at radius 1 is 1.35 bits per heavy atom. The van der Waals surface area contributed by atoms with Gasteiger partial charge in [-0.3, -0.25) is 5.73 Å². The van der Waals surface area contributed by atoms with Crippen molar-refractivity contribution in [2.75, 3.05) is 13.0 Å². The molecule has 0 radical (unpaired) electrons. The van der Waals surface area contributed by atoms with Crippen molar-refractivity contribution in [3.63, 3.8) is 0 Å². The highest BCUT2D eigenvalue weighted by atomic mass is 31.1. The summed E-state index contributed by atoms with van der Waals surface area (Å²) in [6.07, 6.45) is 0.360. The summed E-state index contributed by atoms with van der Waals surface area (Å²) in [5, 5.41) is 8.76. The first-order valence-corrected chi connectivity index (χ1v) is 7.56. The van der Waals surface area contributed by atoms with E-state index in [1.807, 2.05) is 0 Å². The second-order valence-corrected chi connectivity index (χ2v) is 6.57. The molecule has 0 aromatic rings. The number of carbonyl (C=O) groups excluding carboxylic acids is 2. The van der Waals surface area contributed by atoms with Crippen LogP contribution in [0.5, 0.6) is 0 Å². The highest BCUT2D eigenvalue weighted by Crippen LogP contribution is 2.25. The van der Waals surface area contributed by atoms with E-state index >= 15 is 0 Å². The molecule has 8 heteroatoms. The van der Waals surface area contributed by atoms with E-state index in [0.717, 1.165) is 6.08 Å². The molecule has 0 aliphatic rings. The molecule has 0 saturated carbocycles. The van der Waals surface area contributed by atoms with E-state index in [9.17, 15) is 14.2 Å². The molecule has 0 rings (SSSR count). The standard InChI is InChI=1S/C12H21NO6P/c1-5-18-10(15)8(6-9(13)20(17)7-14)11(16)19-12(2,3)4/h6,9,14H,5,7,13H2,1-4H3/q+1. The lowest BCUT2D eigenvalue weighted by Gasteiger charge is -2.20. The summed E-state index contributed by atoms with van der Waals surface area (Å²) >= 11 is 0. The van der Waals surface area contributed by atoms with Gasteiger partial charge in [0.1, 0.15) is 11.2 Å². The van der Waals surface area contributed by atoms with Crippen LogP contribution in [0, 0.1) is 0 Å². The fraction of sp³-hybridized carbons (Fsp3) is 0.667. The van der Waals surface area contributed by atoms with Crippen LogP contribution >= 0.6 is 7.80 Å². The van der Waals surface area contributed by atoms with Gasteiger partial charge in [0, 0.05) is 6.08 Å². The van der Waals surface area contributed by atoms with Gasteiger partial charge in [-0.1, -0.05) is 4.57 Å². The molecule has 0 amide bonds. The number of hydrogen-bond donors (Lipinski definition) is 2. The number of hydrogen-bond acceptors (Lipinski definition) is 7. The van der Waals surface area contributed by atoms with Crippen LogP contribution in [0.2, 0.25) is 0 Å². The molecule has 0 bridgehead atoms. The zero-order valence-electron chi connectivity index (χ0n) is 12.1. The number of rotatable bonds is 6. The van der Waals surface area contributed by atoms with E-state index in [1.54, 1.807) is 27.7 Å². The van der Waals surface area contributed by atoms with Crippen LogP contribution < -0.4 is 5.73 Å². The second kappa shape index (κ2) is 8.09. The molecule has 0 heterocycles. The Kier molecular flexibility index (Phi) is 7.57. The highest BCUT2D eigenvalue weighted by Gasteiger charge is 2.31. The number of aliphatic hydroxyl groups is 1. The van der Waals surface area contributed by atoms with Crippen molar-refractivity contribution in [1.82, 2.24) is 0 Å². The van der Waals surface area contributed by atoms with Gasteiger partial charge in [0.25, 0.3) is 0 Å². The number of carbonyl (C=O) groups is 2. The summed E-state index contributed by atoms with van der Waals surface area (Å²) in [5.41, 5.74) is 4.30. The quantitative estimate of drug-likeness (QED) is 0.246. The van der Waals surface area contributed by atoms with E-state index in [0.29, 0.717) is 0 Å². The molecule has 7 nitrogen and oxygen atoms in total. The van der Waals surface area contributed by atoms with Crippen LogP contribution in [0.15, 0.2) is 11.6 Å². The predicted molar refractivity (Wildman–Crippen MR) is 73.2 cm³/mol. The van der Waals surface area contributed by atoms with Crippen LogP contribution in [0.25, 0.3) is 0 Å². The fourth-order valence-corrected chi connectivity index (χ4v) is 1.61. The minimum atomic E-state index is -2.17. The average molecular weight is 306 g/mol. The van der Waals surface area contributed by atoms with Gasteiger partial charge < -0.3 is 14.6 Å². The van der Waals surface area contributed by atoms with Crippen molar-refractivity contribution in [3.8, 4) is 0 Å². The Bertz CT molecular complexity index is 413. The summed E-state index contributed by atoms with van der Waals surface area (Å²) in [5.74, 6) is -2.95. The number of ether oxygens (including phenoxy) is 2. The van der Waals surface area contributed by atoms with E-state index in [-0.39, 0.29) is 6.61 Å². The third-order valence-corrected chi connectivity index (χ3v) is 3.02. The van der Waals surface area contributed by atoms with Gasteiger partial charge in [0.15, 0.2) is 0 Å². The Morgan fingerprint density at radius 2 is 1.90 bits per heavy atom. The summed E-state index contributed by atoms with van der Waals surface area (Å²) in [6.45, 7) is 6.57. The maximum Gasteiger partial charge on any atom is 0.389 e. The molecule has 0 aliphatic heterocycles. The second-order valence-electron chi connectivity index (χ2n) is 4.85. The van der Waals surface area contributed by atoms with Crippen molar-refractivity contribution < 1.29 is 28.7 Å². The topological polar surface area (TPSA) is 116 Å². The molecule has 0 fully saturated rings. The van der Waals surface area contributed by atoms with Crippen molar-refractivity contribution in [1.29, 1.82) is 0 Å². The molecule has 0 saturated heterocycles. The van der Waals surface area contributed by atoms with Crippen LogP contribution in [-0.2, 0) is 23.6 Å². The van der Waals surface area contributed by atoms with Gasteiger partial charge in [-0.15, -0.1) is 0 Å². The molecule has 20 heavy (non-hydrogen) atoms. The number of esters is 2. The highest BCUT2D eigenvalue weighted by molar-refractivity contribution is 7.45. The van der Waals surface area contributed by atoms with Crippen LogP contribution in [0.3, 0.4) is 0 Å². The Balaban J connectivity index is 5.28. The van der Waals surface area contributed by atoms with E-state index in [2.05, 4.69) is 0 Å². The van der Waals surface area contributed by atoms with E-state index in [4.69, 9.17) is 20.3 Å². The minimum Gasteiger partial charge on any atom is -0.462 e. The van der Waals surface area contributed by atoms with Gasteiger partial charge in [-0.05, 0) is 27.7 Å². The smallest absolute Gasteiger partial charge is 0.389 e. The minimum absolute atomic E-state index is 0.0698. The molecule has 2 unspecified atom stereocenters. The fourth-order valence-electron chi connectivity index (χ4n) is 1.11. The molecular formula is C12H21NO6P+. The average Bonchev–Trinajstić information content (AvgIpc) is 2.32. The van der Waals surface area contributed by atoms with Gasteiger partial charge in [0.05, 0.1) is 6.61 Å². The van der Waals surface area contributed by atoms with Crippen LogP contribution in [0.1, 0.15) is 27.7 Å². The number of aliphatic hydroxyl groups excluding tert-OH is 1. The molecule has 2 atom stereocenters. The molecule has 0 aromatic heterocycles. The summed E-state index contributed by atoms with van der Waals surface area (Å²) in [6, 6.07) is 0. The third kappa shape index (κ3) is 6.75. The molecule has 3 N–H and O–H groups in total. The third-order valence-electron chi connectivity index (χ3n) is 1.92. The molecular weight excluding hydrogens is 285 g/mol. The van der Waals surface area contributed by atoms with Gasteiger partial charge >= 0.3 is 19.7 Å². The SMILES string of the molecule is CCOC(=O)C(=CC(N)[P+](=O)CO)C(=O)OC(C)(C)C.